The monoisotopic (exact) mass is 421 g/mol. The van der Waals surface area contributed by atoms with E-state index in [9.17, 15) is 0 Å². The van der Waals surface area contributed by atoms with Crippen molar-refractivity contribution in [1.29, 1.82) is 0 Å². The highest BCUT2D eigenvalue weighted by Crippen LogP contribution is 2.40. The van der Waals surface area contributed by atoms with Gasteiger partial charge in [0.25, 0.3) is 0 Å². The van der Waals surface area contributed by atoms with E-state index < -0.39 is 0 Å². The van der Waals surface area contributed by atoms with Gasteiger partial charge in [-0.25, -0.2) is 9.97 Å². The van der Waals surface area contributed by atoms with Gasteiger partial charge < -0.3 is 24.3 Å². The zero-order chi connectivity index (χ0) is 22.0. The molecule has 0 atom stereocenters. The molecule has 162 valence electrons. The lowest BCUT2D eigenvalue weighted by Gasteiger charge is -2.32. The summed E-state index contributed by atoms with van der Waals surface area (Å²) in [4.78, 5) is 9.05. The summed E-state index contributed by atoms with van der Waals surface area (Å²) in [6.45, 7) is 4.24. The molecule has 0 saturated heterocycles. The van der Waals surface area contributed by atoms with E-state index in [1.165, 1.54) is 5.56 Å². The largest absolute Gasteiger partial charge is 0.493 e. The molecular formula is C24H27N3O4. The summed E-state index contributed by atoms with van der Waals surface area (Å²) in [5, 5.41) is 3.23. The Hall–Kier alpha value is -3.48. The summed E-state index contributed by atoms with van der Waals surface area (Å²) in [5.74, 6) is 3.06. The molecule has 1 aliphatic rings. The number of hydrogen-bond acceptors (Lipinski definition) is 7. The van der Waals surface area contributed by atoms with Gasteiger partial charge in [0.1, 0.15) is 11.4 Å². The molecule has 1 aliphatic heterocycles. The van der Waals surface area contributed by atoms with Crippen LogP contribution in [-0.4, -0.2) is 36.9 Å². The number of rotatable bonds is 6. The van der Waals surface area contributed by atoms with Crippen LogP contribution >= 0.6 is 0 Å². The fourth-order valence-corrected chi connectivity index (χ4v) is 3.68. The SMILES string of the molecule is COc1cc(Nc2nccc(-c3ccc4c(c3)CCC(C)(C)O4)n2)cc(OC)c1OC. The number of fused-ring (bicyclic) bond motifs is 1. The molecule has 31 heavy (non-hydrogen) atoms. The van der Waals surface area contributed by atoms with Crippen LogP contribution in [0.5, 0.6) is 23.0 Å². The third-order valence-electron chi connectivity index (χ3n) is 5.32. The molecule has 2 heterocycles. The second-order valence-corrected chi connectivity index (χ2v) is 7.99. The van der Waals surface area contributed by atoms with Crippen molar-refractivity contribution >= 4 is 11.6 Å². The van der Waals surface area contributed by atoms with E-state index >= 15 is 0 Å². The number of anilines is 2. The summed E-state index contributed by atoms with van der Waals surface area (Å²) in [7, 11) is 4.74. The molecule has 4 rings (SSSR count). The Kier molecular flexibility index (Phi) is 5.59. The average Bonchev–Trinajstić information content (AvgIpc) is 2.77. The van der Waals surface area contributed by atoms with Crippen molar-refractivity contribution in [1.82, 2.24) is 9.97 Å². The maximum atomic E-state index is 6.10. The highest BCUT2D eigenvalue weighted by atomic mass is 16.5. The van der Waals surface area contributed by atoms with E-state index in [4.69, 9.17) is 23.9 Å². The minimum atomic E-state index is -0.124. The second-order valence-electron chi connectivity index (χ2n) is 7.99. The smallest absolute Gasteiger partial charge is 0.227 e. The van der Waals surface area contributed by atoms with Crippen LogP contribution in [0.1, 0.15) is 25.8 Å². The van der Waals surface area contributed by atoms with E-state index in [1.807, 2.05) is 30.3 Å². The quantitative estimate of drug-likeness (QED) is 0.599. The predicted molar refractivity (Wildman–Crippen MR) is 120 cm³/mol. The Morgan fingerprint density at radius 1 is 0.968 bits per heavy atom. The van der Waals surface area contributed by atoms with Gasteiger partial charge in [-0.1, -0.05) is 0 Å². The van der Waals surface area contributed by atoms with Gasteiger partial charge in [0.15, 0.2) is 11.5 Å². The van der Waals surface area contributed by atoms with Crippen LogP contribution in [0.15, 0.2) is 42.6 Å². The molecule has 0 fully saturated rings. The van der Waals surface area contributed by atoms with Crippen LogP contribution in [0, 0.1) is 0 Å². The number of benzene rings is 2. The van der Waals surface area contributed by atoms with Crippen molar-refractivity contribution in [2.45, 2.75) is 32.3 Å². The minimum Gasteiger partial charge on any atom is -0.493 e. The maximum Gasteiger partial charge on any atom is 0.227 e. The molecule has 0 unspecified atom stereocenters. The lowest BCUT2D eigenvalue weighted by molar-refractivity contribution is 0.0847. The minimum absolute atomic E-state index is 0.124. The van der Waals surface area contributed by atoms with Crippen molar-refractivity contribution in [3.8, 4) is 34.3 Å². The van der Waals surface area contributed by atoms with Crippen molar-refractivity contribution in [3.05, 3.63) is 48.2 Å². The van der Waals surface area contributed by atoms with E-state index in [2.05, 4.69) is 30.2 Å². The molecule has 3 aromatic rings. The van der Waals surface area contributed by atoms with Crippen molar-refractivity contribution in [2.75, 3.05) is 26.6 Å². The molecular weight excluding hydrogens is 394 g/mol. The molecule has 2 aromatic carbocycles. The molecule has 0 radical (unpaired) electrons. The van der Waals surface area contributed by atoms with Crippen LogP contribution < -0.4 is 24.3 Å². The first-order chi connectivity index (χ1) is 14.9. The van der Waals surface area contributed by atoms with Crippen molar-refractivity contribution in [2.24, 2.45) is 0 Å². The highest BCUT2D eigenvalue weighted by Gasteiger charge is 2.26. The molecule has 0 spiro atoms. The fourth-order valence-electron chi connectivity index (χ4n) is 3.68. The van der Waals surface area contributed by atoms with Crippen LogP contribution in [-0.2, 0) is 6.42 Å². The van der Waals surface area contributed by atoms with Crippen LogP contribution in [0.25, 0.3) is 11.3 Å². The number of methoxy groups -OCH3 is 3. The first-order valence-electron chi connectivity index (χ1n) is 10.1. The zero-order valence-electron chi connectivity index (χ0n) is 18.5. The number of nitrogens with zero attached hydrogens (tertiary/aromatic N) is 2. The second kappa shape index (κ2) is 8.34. The first kappa shape index (κ1) is 20.8. The topological polar surface area (TPSA) is 74.7 Å². The number of hydrogen-bond donors (Lipinski definition) is 1. The van der Waals surface area contributed by atoms with E-state index in [0.717, 1.165) is 35.5 Å². The summed E-state index contributed by atoms with van der Waals surface area (Å²) >= 11 is 0. The fraction of sp³-hybridized carbons (Fsp3) is 0.333. The molecule has 0 saturated carbocycles. The van der Waals surface area contributed by atoms with Gasteiger partial charge in [-0.05, 0) is 56.5 Å². The van der Waals surface area contributed by atoms with Gasteiger partial charge in [-0.3, -0.25) is 0 Å². The number of nitrogens with one attached hydrogen (secondary N) is 1. The molecule has 0 bridgehead atoms. The summed E-state index contributed by atoms with van der Waals surface area (Å²) in [5.41, 5.74) is 3.67. The Labute approximate surface area is 182 Å². The Morgan fingerprint density at radius 2 is 1.71 bits per heavy atom. The summed E-state index contributed by atoms with van der Waals surface area (Å²) in [6.07, 6.45) is 3.71. The van der Waals surface area contributed by atoms with Gasteiger partial charge in [0.2, 0.25) is 11.7 Å². The van der Waals surface area contributed by atoms with Gasteiger partial charge >= 0.3 is 0 Å². The summed E-state index contributed by atoms with van der Waals surface area (Å²) < 4.78 is 22.3. The van der Waals surface area contributed by atoms with Crippen LogP contribution in [0.3, 0.4) is 0 Å². The van der Waals surface area contributed by atoms with Crippen molar-refractivity contribution in [3.63, 3.8) is 0 Å². The summed E-state index contributed by atoms with van der Waals surface area (Å²) in [6, 6.07) is 11.7. The maximum absolute atomic E-state index is 6.10. The van der Waals surface area contributed by atoms with E-state index in [1.54, 1.807) is 27.5 Å². The zero-order valence-corrected chi connectivity index (χ0v) is 18.5. The first-order valence-corrected chi connectivity index (χ1v) is 10.1. The van der Waals surface area contributed by atoms with Gasteiger partial charge in [0.05, 0.1) is 27.0 Å². The van der Waals surface area contributed by atoms with E-state index in [0.29, 0.717) is 23.2 Å². The Bertz CT molecular complexity index is 1070. The third-order valence-corrected chi connectivity index (χ3v) is 5.32. The lowest BCUT2D eigenvalue weighted by Crippen LogP contribution is -2.32. The Morgan fingerprint density at radius 3 is 2.39 bits per heavy atom. The predicted octanol–water partition coefficient (Wildman–Crippen LogP) is 5.02. The average molecular weight is 421 g/mol. The number of ether oxygens (including phenoxy) is 4. The molecule has 7 nitrogen and oxygen atoms in total. The lowest BCUT2D eigenvalue weighted by atomic mass is 9.93. The highest BCUT2D eigenvalue weighted by molar-refractivity contribution is 5.68. The molecule has 1 aromatic heterocycles. The van der Waals surface area contributed by atoms with Gasteiger partial charge in [0, 0.05) is 29.6 Å². The molecule has 7 heteroatoms. The number of aryl methyl sites for hydroxylation is 1. The normalized spacial score (nSPS) is 14.2. The van der Waals surface area contributed by atoms with E-state index in [-0.39, 0.29) is 5.60 Å². The Balaban J connectivity index is 1.61. The van der Waals surface area contributed by atoms with Crippen LogP contribution in [0.2, 0.25) is 0 Å². The number of aromatic nitrogens is 2. The van der Waals surface area contributed by atoms with Crippen molar-refractivity contribution < 1.29 is 18.9 Å². The molecule has 0 aliphatic carbocycles. The van der Waals surface area contributed by atoms with Gasteiger partial charge in [-0.15, -0.1) is 0 Å². The molecule has 0 amide bonds. The third kappa shape index (κ3) is 4.35. The van der Waals surface area contributed by atoms with Crippen LogP contribution in [0.4, 0.5) is 11.6 Å². The standard InChI is InChI=1S/C24H27N3O4/c1-24(2)10-8-16-12-15(6-7-19(16)31-24)18-9-11-25-23(27-18)26-17-13-20(28-3)22(30-5)21(14-17)29-4/h6-7,9,11-14H,8,10H2,1-5H3,(H,25,26,27). The molecule has 1 N–H and O–H groups in total. The van der Waals surface area contributed by atoms with Gasteiger partial charge in [-0.2, -0.15) is 0 Å².